The van der Waals surface area contributed by atoms with Crippen LogP contribution in [0.15, 0.2) is 60.7 Å². The zero-order chi connectivity index (χ0) is 19.2. The van der Waals surface area contributed by atoms with Crippen molar-refractivity contribution in [2.45, 2.75) is 26.0 Å². The van der Waals surface area contributed by atoms with Gasteiger partial charge in [0.2, 0.25) is 0 Å². The molecule has 3 rings (SSSR count). The van der Waals surface area contributed by atoms with Gasteiger partial charge in [-0.05, 0) is 49.7 Å². The predicted molar refractivity (Wildman–Crippen MR) is 104 cm³/mol. The summed E-state index contributed by atoms with van der Waals surface area (Å²) in [4.78, 5) is 12.5. The highest BCUT2D eigenvalue weighted by molar-refractivity contribution is 5.93. The summed E-state index contributed by atoms with van der Waals surface area (Å²) in [5, 5.41) is 19.4. The Morgan fingerprint density at radius 1 is 1.15 bits per heavy atom. The van der Waals surface area contributed by atoms with Gasteiger partial charge in [0, 0.05) is 5.56 Å². The van der Waals surface area contributed by atoms with Crippen LogP contribution in [0, 0.1) is 0 Å². The number of ether oxygens (including phenoxy) is 1. The number of amides is 1. The van der Waals surface area contributed by atoms with E-state index in [0.717, 1.165) is 16.9 Å². The summed E-state index contributed by atoms with van der Waals surface area (Å²) in [6.45, 7) is 3.76. The lowest BCUT2D eigenvalue weighted by Crippen LogP contribution is -2.31. The molecule has 0 saturated carbocycles. The summed E-state index contributed by atoms with van der Waals surface area (Å²) in [6, 6.07) is 18.1. The fourth-order valence-electron chi connectivity index (χ4n) is 2.72. The van der Waals surface area contributed by atoms with Gasteiger partial charge in [-0.25, -0.2) is 0 Å². The zero-order valence-corrected chi connectivity index (χ0v) is 15.3. The minimum atomic E-state index is -0.474. The lowest BCUT2D eigenvalue weighted by atomic mass is 10.1. The number of carbonyl (C=O) groups excluding carboxylic acids is 1. The quantitative estimate of drug-likeness (QED) is 0.599. The van der Waals surface area contributed by atoms with E-state index < -0.39 is 6.04 Å². The fraction of sp³-hybridized carbons (Fsp3) is 0.238. The number of hydrogen-bond acceptors (Lipinski definition) is 4. The summed E-state index contributed by atoms with van der Waals surface area (Å²) >= 11 is 0. The Hall–Kier alpha value is -3.12. The van der Waals surface area contributed by atoms with Crippen LogP contribution >= 0.6 is 0 Å². The Morgan fingerprint density at radius 2 is 1.85 bits per heavy atom. The fourth-order valence-corrected chi connectivity index (χ4v) is 2.72. The van der Waals surface area contributed by atoms with Crippen LogP contribution in [0.5, 0.6) is 5.75 Å². The van der Waals surface area contributed by atoms with Gasteiger partial charge in [-0.3, -0.25) is 9.89 Å². The molecule has 1 aromatic heterocycles. The number of nitrogens with zero attached hydrogens (tertiary/aromatic N) is 1. The Kier molecular flexibility index (Phi) is 5.88. The van der Waals surface area contributed by atoms with E-state index in [2.05, 4.69) is 15.5 Å². The number of aromatic amines is 1. The smallest absolute Gasteiger partial charge is 0.269 e. The zero-order valence-electron chi connectivity index (χ0n) is 15.3. The second-order valence-electron chi connectivity index (χ2n) is 6.48. The maximum Gasteiger partial charge on any atom is 0.269 e. The van der Waals surface area contributed by atoms with Crippen LogP contribution in [0.25, 0.3) is 11.3 Å². The Bertz CT molecular complexity index is 873. The molecule has 0 saturated heterocycles. The van der Waals surface area contributed by atoms with Crippen LogP contribution in [0.1, 0.15) is 35.9 Å². The van der Waals surface area contributed by atoms with Gasteiger partial charge in [-0.2, -0.15) is 5.10 Å². The molecule has 0 fully saturated rings. The number of H-pyrrole nitrogens is 1. The summed E-state index contributed by atoms with van der Waals surface area (Å²) in [6.07, 6.45) is 0.112. The number of aliphatic hydroxyl groups is 1. The molecule has 27 heavy (non-hydrogen) atoms. The van der Waals surface area contributed by atoms with Crippen molar-refractivity contribution in [3.05, 3.63) is 71.9 Å². The Balaban J connectivity index is 1.70. The molecule has 0 aliphatic carbocycles. The second-order valence-corrected chi connectivity index (χ2v) is 6.48. The molecule has 0 aliphatic heterocycles. The first-order valence-electron chi connectivity index (χ1n) is 8.86. The van der Waals surface area contributed by atoms with Crippen LogP contribution in [0.2, 0.25) is 0 Å². The first-order valence-corrected chi connectivity index (χ1v) is 8.86. The van der Waals surface area contributed by atoms with Gasteiger partial charge < -0.3 is 15.2 Å². The second kappa shape index (κ2) is 8.51. The number of aliphatic hydroxyl groups excluding tert-OH is 1. The molecule has 3 aromatic rings. The monoisotopic (exact) mass is 365 g/mol. The first kappa shape index (κ1) is 18.7. The molecule has 3 N–H and O–H groups in total. The van der Waals surface area contributed by atoms with Crippen molar-refractivity contribution in [1.82, 2.24) is 15.5 Å². The van der Waals surface area contributed by atoms with E-state index >= 15 is 0 Å². The molecule has 0 spiro atoms. The van der Waals surface area contributed by atoms with Crippen molar-refractivity contribution in [3.63, 3.8) is 0 Å². The third-order valence-electron chi connectivity index (χ3n) is 4.03. The minimum Gasteiger partial charge on any atom is -0.491 e. The molecular formula is C21H23N3O3. The molecule has 140 valence electrons. The molecule has 0 aliphatic rings. The highest BCUT2D eigenvalue weighted by Crippen LogP contribution is 2.22. The van der Waals surface area contributed by atoms with Crippen molar-refractivity contribution < 1.29 is 14.6 Å². The molecule has 1 atom stereocenters. The summed E-state index contributed by atoms with van der Waals surface area (Å²) in [5.41, 5.74) is 2.72. The number of hydrogen-bond donors (Lipinski definition) is 3. The van der Waals surface area contributed by atoms with E-state index in [0.29, 0.717) is 11.4 Å². The third kappa shape index (κ3) is 4.74. The average molecular weight is 365 g/mol. The van der Waals surface area contributed by atoms with Crippen LogP contribution in [-0.4, -0.2) is 33.9 Å². The Morgan fingerprint density at radius 3 is 2.48 bits per heavy atom. The highest BCUT2D eigenvalue weighted by Gasteiger charge is 2.17. The van der Waals surface area contributed by atoms with E-state index in [1.807, 2.05) is 68.4 Å². The van der Waals surface area contributed by atoms with Gasteiger partial charge in [0.25, 0.3) is 5.91 Å². The third-order valence-corrected chi connectivity index (χ3v) is 4.03. The number of aromatic nitrogens is 2. The average Bonchev–Trinajstić information content (AvgIpc) is 3.17. The van der Waals surface area contributed by atoms with Crippen LogP contribution in [-0.2, 0) is 0 Å². The van der Waals surface area contributed by atoms with Crippen LogP contribution < -0.4 is 10.1 Å². The molecule has 2 aromatic carbocycles. The van der Waals surface area contributed by atoms with Crippen molar-refractivity contribution in [3.8, 4) is 17.0 Å². The largest absolute Gasteiger partial charge is 0.491 e. The molecule has 1 amide bonds. The topological polar surface area (TPSA) is 87.2 Å². The van der Waals surface area contributed by atoms with Gasteiger partial charge >= 0.3 is 0 Å². The summed E-state index contributed by atoms with van der Waals surface area (Å²) in [7, 11) is 0. The first-order chi connectivity index (χ1) is 13.1. The standard InChI is InChI=1S/C21H23N3O3/c1-14(2)27-17-10-8-16(9-11-17)18-12-19(24-23-18)21(26)22-20(13-25)15-6-4-3-5-7-15/h3-12,14,20,25H,13H2,1-2H3,(H,22,26)(H,23,24). The predicted octanol–water partition coefficient (Wildman–Crippen LogP) is 3.33. The van der Waals surface area contributed by atoms with Crippen molar-refractivity contribution in [2.24, 2.45) is 0 Å². The number of benzene rings is 2. The lowest BCUT2D eigenvalue weighted by molar-refractivity contribution is 0.0911. The molecule has 6 nitrogen and oxygen atoms in total. The van der Waals surface area contributed by atoms with Crippen molar-refractivity contribution in [2.75, 3.05) is 6.61 Å². The molecular weight excluding hydrogens is 342 g/mol. The molecule has 0 radical (unpaired) electrons. The number of rotatable bonds is 7. The van der Waals surface area contributed by atoms with E-state index in [1.165, 1.54) is 0 Å². The Labute approximate surface area is 158 Å². The molecule has 6 heteroatoms. The molecule has 1 heterocycles. The van der Waals surface area contributed by atoms with E-state index in [4.69, 9.17) is 4.74 Å². The van der Waals surface area contributed by atoms with Crippen molar-refractivity contribution in [1.29, 1.82) is 0 Å². The van der Waals surface area contributed by atoms with E-state index in [1.54, 1.807) is 6.07 Å². The van der Waals surface area contributed by atoms with Gasteiger partial charge in [-0.15, -0.1) is 0 Å². The normalized spacial score (nSPS) is 12.0. The van der Waals surface area contributed by atoms with Crippen LogP contribution in [0.4, 0.5) is 0 Å². The van der Waals surface area contributed by atoms with E-state index in [-0.39, 0.29) is 18.6 Å². The molecule has 1 unspecified atom stereocenters. The van der Waals surface area contributed by atoms with Gasteiger partial charge in [-0.1, -0.05) is 30.3 Å². The minimum absolute atomic E-state index is 0.112. The van der Waals surface area contributed by atoms with E-state index in [9.17, 15) is 9.90 Å². The van der Waals surface area contributed by atoms with Gasteiger partial charge in [0.15, 0.2) is 0 Å². The molecule has 0 bridgehead atoms. The maximum absolute atomic E-state index is 12.5. The maximum atomic E-state index is 12.5. The summed E-state index contributed by atoms with van der Waals surface area (Å²) < 4.78 is 5.63. The SMILES string of the molecule is CC(C)Oc1ccc(-c2cc(C(=O)NC(CO)c3ccccc3)[nH]n2)cc1. The van der Waals surface area contributed by atoms with Gasteiger partial charge in [0.1, 0.15) is 11.4 Å². The van der Waals surface area contributed by atoms with Gasteiger partial charge in [0.05, 0.1) is 24.4 Å². The number of carbonyl (C=O) groups is 1. The van der Waals surface area contributed by atoms with Crippen molar-refractivity contribution >= 4 is 5.91 Å². The lowest BCUT2D eigenvalue weighted by Gasteiger charge is -2.15. The highest BCUT2D eigenvalue weighted by atomic mass is 16.5. The summed E-state index contributed by atoms with van der Waals surface area (Å²) in [5.74, 6) is 0.465. The number of nitrogens with one attached hydrogen (secondary N) is 2. The van der Waals surface area contributed by atoms with Crippen LogP contribution in [0.3, 0.4) is 0 Å².